The Kier molecular flexibility index (Phi) is 7.17. The first-order chi connectivity index (χ1) is 19.8. The molecule has 9 nitrogen and oxygen atoms in total. The normalized spacial score (nSPS) is 15.1. The van der Waals surface area contributed by atoms with Crippen LogP contribution in [-0.4, -0.2) is 49.6 Å². The second kappa shape index (κ2) is 10.9. The zero-order valence-electron chi connectivity index (χ0n) is 23.1. The lowest BCUT2D eigenvalue weighted by Gasteiger charge is -2.33. The molecule has 0 bridgehead atoms. The van der Waals surface area contributed by atoms with Crippen molar-refractivity contribution in [1.29, 1.82) is 0 Å². The van der Waals surface area contributed by atoms with Crippen LogP contribution in [0.25, 0.3) is 32.7 Å². The van der Waals surface area contributed by atoms with Gasteiger partial charge in [0.05, 0.1) is 5.69 Å². The highest BCUT2D eigenvalue weighted by molar-refractivity contribution is 7.18. The number of nitrogens with zero attached hydrogens (tertiary/aromatic N) is 5. The Labute approximate surface area is 241 Å². The molecule has 210 valence electrons. The van der Waals surface area contributed by atoms with E-state index in [0.29, 0.717) is 28.6 Å². The van der Waals surface area contributed by atoms with Gasteiger partial charge in [0.25, 0.3) is 0 Å². The van der Waals surface area contributed by atoms with E-state index < -0.39 is 11.9 Å². The van der Waals surface area contributed by atoms with Gasteiger partial charge in [-0.2, -0.15) is 0 Å². The first-order valence-corrected chi connectivity index (χ1v) is 14.6. The van der Waals surface area contributed by atoms with Crippen LogP contribution in [-0.2, 0) is 4.79 Å². The monoisotopic (exact) mass is 569 g/mol. The predicted molar refractivity (Wildman–Crippen MR) is 158 cm³/mol. The van der Waals surface area contributed by atoms with Gasteiger partial charge in [-0.05, 0) is 67.5 Å². The molecule has 5 heterocycles. The molecule has 0 amide bonds. The number of pyridine rings is 1. The number of aryl methyl sites for hydroxylation is 1. The van der Waals surface area contributed by atoms with Crippen molar-refractivity contribution in [3.8, 4) is 28.3 Å². The van der Waals surface area contributed by atoms with Crippen molar-refractivity contribution < 1.29 is 19.5 Å². The number of thiophene rings is 1. The Morgan fingerprint density at radius 3 is 2.56 bits per heavy atom. The van der Waals surface area contributed by atoms with Gasteiger partial charge in [-0.25, -0.2) is 4.98 Å². The number of hydrogen-bond donors (Lipinski definition) is 2. The van der Waals surface area contributed by atoms with Gasteiger partial charge in [0.2, 0.25) is 0 Å². The second-order valence-corrected chi connectivity index (χ2v) is 12.0. The maximum absolute atomic E-state index is 11.7. The molecule has 1 aliphatic rings. The zero-order chi connectivity index (χ0) is 28.7. The minimum atomic E-state index is -0.920. The molecule has 1 unspecified atom stereocenters. The summed E-state index contributed by atoms with van der Waals surface area (Å²) in [6, 6.07) is 15.2. The molecule has 1 saturated heterocycles. The van der Waals surface area contributed by atoms with Gasteiger partial charge in [0.1, 0.15) is 28.0 Å². The molecular formula is C31H31N5O4S. The summed E-state index contributed by atoms with van der Waals surface area (Å²) in [5, 5.41) is 33.8. The van der Waals surface area contributed by atoms with E-state index in [9.17, 15) is 15.0 Å². The number of hydrogen-bond acceptors (Lipinski definition) is 9. The molecule has 0 saturated carbocycles. The number of para-hydroxylation sites is 1. The van der Waals surface area contributed by atoms with E-state index in [2.05, 4.69) is 26.3 Å². The number of benzene rings is 1. The van der Waals surface area contributed by atoms with E-state index >= 15 is 0 Å². The molecular weight excluding hydrogens is 538 g/mol. The number of rotatable bonds is 7. The lowest BCUT2D eigenvalue weighted by Crippen LogP contribution is -2.33. The SMILES string of the molecule is Cc1cc(-c2cc(C(C(=O)O)C(C)C)on2)cnc1N1CCC(c2cc3cc(-c4ccccc4O)nnc3s2)CC1. The Balaban J connectivity index is 1.14. The van der Waals surface area contributed by atoms with Gasteiger partial charge < -0.3 is 19.6 Å². The van der Waals surface area contributed by atoms with E-state index in [1.54, 1.807) is 35.7 Å². The van der Waals surface area contributed by atoms with Crippen LogP contribution in [0.2, 0.25) is 0 Å². The molecule has 1 atom stereocenters. The maximum Gasteiger partial charge on any atom is 0.314 e. The van der Waals surface area contributed by atoms with Gasteiger partial charge in [-0.3, -0.25) is 4.79 Å². The van der Waals surface area contributed by atoms with Crippen LogP contribution in [0, 0.1) is 12.8 Å². The number of aromatic hydroxyl groups is 1. The van der Waals surface area contributed by atoms with Crippen molar-refractivity contribution in [2.75, 3.05) is 18.0 Å². The maximum atomic E-state index is 11.7. The minimum absolute atomic E-state index is 0.111. The van der Waals surface area contributed by atoms with Crippen LogP contribution in [0.3, 0.4) is 0 Å². The zero-order valence-corrected chi connectivity index (χ0v) is 23.9. The molecule has 1 aliphatic heterocycles. The molecule has 41 heavy (non-hydrogen) atoms. The number of carboxylic acid groups (broad SMARTS) is 1. The third-order valence-electron chi connectivity index (χ3n) is 7.79. The highest BCUT2D eigenvalue weighted by atomic mass is 32.1. The third kappa shape index (κ3) is 5.27. The number of anilines is 1. The van der Waals surface area contributed by atoms with Crippen LogP contribution in [0.1, 0.15) is 54.7 Å². The fraction of sp³-hybridized carbons (Fsp3) is 0.323. The summed E-state index contributed by atoms with van der Waals surface area (Å²) >= 11 is 1.70. The van der Waals surface area contributed by atoms with Crippen LogP contribution in [0.5, 0.6) is 5.75 Å². The third-order valence-corrected chi connectivity index (χ3v) is 8.99. The van der Waals surface area contributed by atoms with Crippen molar-refractivity contribution in [2.45, 2.75) is 45.4 Å². The first-order valence-electron chi connectivity index (χ1n) is 13.8. The quantitative estimate of drug-likeness (QED) is 0.222. The molecule has 6 rings (SSSR count). The average Bonchev–Trinajstić information content (AvgIpc) is 3.60. The highest BCUT2D eigenvalue weighted by Gasteiger charge is 2.29. The van der Waals surface area contributed by atoms with Gasteiger partial charge in [0.15, 0.2) is 5.76 Å². The minimum Gasteiger partial charge on any atom is -0.507 e. The van der Waals surface area contributed by atoms with Crippen LogP contribution in [0.15, 0.2) is 59.3 Å². The van der Waals surface area contributed by atoms with E-state index in [1.165, 1.54) is 4.88 Å². The lowest BCUT2D eigenvalue weighted by atomic mass is 9.93. The number of piperidine rings is 1. The van der Waals surface area contributed by atoms with E-state index in [1.807, 2.05) is 45.0 Å². The summed E-state index contributed by atoms with van der Waals surface area (Å²) in [7, 11) is 0. The summed E-state index contributed by atoms with van der Waals surface area (Å²) in [5.74, 6) is 0.179. The largest absolute Gasteiger partial charge is 0.507 e. The van der Waals surface area contributed by atoms with Crippen molar-refractivity contribution in [3.63, 3.8) is 0 Å². The number of carbonyl (C=O) groups is 1. The van der Waals surface area contributed by atoms with Gasteiger partial charge in [-0.15, -0.1) is 21.5 Å². The molecule has 1 aromatic carbocycles. The van der Waals surface area contributed by atoms with Crippen molar-refractivity contribution in [1.82, 2.24) is 20.3 Å². The van der Waals surface area contributed by atoms with Crippen LogP contribution < -0.4 is 4.90 Å². The van der Waals surface area contributed by atoms with E-state index in [4.69, 9.17) is 9.51 Å². The number of aliphatic carboxylic acids is 1. The summed E-state index contributed by atoms with van der Waals surface area (Å²) in [4.78, 5) is 21.0. The molecule has 5 aromatic rings. The summed E-state index contributed by atoms with van der Waals surface area (Å²) < 4.78 is 5.41. The second-order valence-electron chi connectivity index (χ2n) is 11.0. The molecule has 10 heteroatoms. The number of carboxylic acids is 1. The standard InChI is InChI=1S/C31H31N5O4S/c1-17(2)28(31(38)39)26-15-23(35-40-26)21-12-18(3)29(32-16-21)36-10-8-19(9-11-36)27-14-20-13-24(33-34-30(20)41-27)22-6-4-5-7-25(22)37/h4-7,12-17,19,28,37H,8-11H2,1-3H3,(H,38,39). The Bertz CT molecular complexity index is 1720. The Hall–Kier alpha value is -4.31. The van der Waals surface area contributed by atoms with Crippen molar-refractivity contribution >= 4 is 33.3 Å². The Morgan fingerprint density at radius 1 is 1.07 bits per heavy atom. The Morgan fingerprint density at radius 2 is 1.85 bits per heavy atom. The van der Waals surface area contributed by atoms with Crippen molar-refractivity contribution in [2.24, 2.45) is 5.92 Å². The van der Waals surface area contributed by atoms with Crippen LogP contribution in [0.4, 0.5) is 5.82 Å². The smallest absolute Gasteiger partial charge is 0.314 e. The number of fused-ring (bicyclic) bond motifs is 1. The highest BCUT2D eigenvalue weighted by Crippen LogP contribution is 2.38. The summed E-state index contributed by atoms with van der Waals surface area (Å²) in [6.07, 6.45) is 3.80. The molecule has 0 aliphatic carbocycles. The molecule has 4 aromatic heterocycles. The number of phenols is 1. The fourth-order valence-corrected chi connectivity index (χ4v) is 6.75. The van der Waals surface area contributed by atoms with Gasteiger partial charge >= 0.3 is 5.97 Å². The lowest BCUT2D eigenvalue weighted by molar-refractivity contribution is -0.140. The fourth-order valence-electron chi connectivity index (χ4n) is 5.62. The number of phenolic OH excluding ortho intramolecular Hbond substituents is 1. The summed E-state index contributed by atoms with van der Waals surface area (Å²) in [6.45, 7) is 7.54. The van der Waals surface area contributed by atoms with E-state index in [-0.39, 0.29) is 11.7 Å². The van der Waals surface area contributed by atoms with E-state index in [0.717, 1.165) is 53.1 Å². The van der Waals surface area contributed by atoms with Crippen molar-refractivity contribution in [3.05, 3.63) is 70.9 Å². The predicted octanol–water partition coefficient (Wildman–Crippen LogP) is 6.63. The van der Waals surface area contributed by atoms with Gasteiger partial charge in [-0.1, -0.05) is 31.1 Å². The summed E-state index contributed by atoms with van der Waals surface area (Å²) in [5.41, 5.74) is 3.78. The molecule has 0 spiro atoms. The van der Waals surface area contributed by atoms with Gasteiger partial charge in [0, 0.05) is 46.7 Å². The van der Waals surface area contributed by atoms with Crippen LogP contribution >= 0.6 is 11.3 Å². The average molecular weight is 570 g/mol. The molecule has 1 fully saturated rings. The molecule has 0 radical (unpaired) electrons. The number of aromatic nitrogens is 4. The topological polar surface area (TPSA) is 125 Å². The first kappa shape index (κ1) is 26.9. The molecule has 2 N–H and O–H groups in total.